The summed E-state index contributed by atoms with van der Waals surface area (Å²) in [6.45, 7) is 1.97. The molecular weight excluding hydrogens is 360 g/mol. The van der Waals surface area contributed by atoms with Gasteiger partial charge in [-0.2, -0.15) is 9.50 Å². The van der Waals surface area contributed by atoms with E-state index in [9.17, 15) is 4.79 Å². The van der Waals surface area contributed by atoms with Crippen LogP contribution in [0, 0.1) is 0 Å². The van der Waals surface area contributed by atoms with Crippen LogP contribution < -0.4 is 14.8 Å². The average Bonchev–Trinajstić information content (AvgIpc) is 3.23. The smallest absolute Gasteiger partial charge is 0.291 e. The second kappa shape index (κ2) is 6.14. The van der Waals surface area contributed by atoms with Crippen molar-refractivity contribution in [1.82, 2.24) is 19.6 Å². The molecule has 0 N–H and O–H groups in total. The minimum absolute atomic E-state index is 0.130. The molecule has 1 atom stereocenters. The maximum Gasteiger partial charge on any atom is 0.291 e. The Labute approximate surface area is 158 Å². The number of para-hydroxylation sites is 1. The molecule has 0 radical (unpaired) electrons. The molecule has 0 saturated heterocycles. The van der Waals surface area contributed by atoms with E-state index in [0.29, 0.717) is 15.3 Å². The van der Waals surface area contributed by atoms with E-state index in [1.54, 1.807) is 12.4 Å². The van der Waals surface area contributed by atoms with Gasteiger partial charge in [0.05, 0.1) is 4.53 Å². The van der Waals surface area contributed by atoms with Crippen LogP contribution in [0.2, 0.25) is 0 Å². The number of benzene rings is 1. The maximum absolute atomic E-state index is 12.8. The molecule has 1 aliphatic heterocycles. The first-order valence-corrected chi connectivity index (χ1v) is 9.30. The Morgan fingerprint density at radius 1 is 1.19 bits per heavy atom. The van der Waals surface area contributed by atoms with Gasteiger partial charge in [-0.05, 0) is 42.8 Å². The van der Waals surface area contributed by atoms with Crippen LogP contribution in [-0.4, -0.2) is 25.7 Å². The normalized spacial score (nSPS) is 16.9. The summed E-state index contributed by atoms with van der Waals surface area (Å²) in [6.07, 6.45) is 7.15. The monoisotopic (exact) mass is 374 g/mol. The quantitative estimate of drug-likeness (QED) is 0.539. The summed E-state index contributed by atoms with van der Waals surface area (Å²) < 4.78 is 7.89. The number of hydrogen-bond donors (Lipinski definition) is 0. The van der Waals surface area contributed by atoms with Gasteiger partial charge in [0, 0.05) is 23.5 Å². The van der Waals surface area contributed by atoms with Crippen LogP contribution in [0.4, 0.5) is 0 Å². The van der Waals surface area contributed by atoms with Crippen molar-refractivity contribution in [2.75, 3.05) is 0 Å². The zero-order valence-corrected chi connectivity index (χ0v) is 15.2. The van der Waals surface area contributed by atoms with Gasteiger partial charge in [0.25, 0.3) is 5.56 Å². The molecule has 27 heavy (non-hydrogen) atoms. The van der Waals surface area contributed by atoms with Crippen molar-refractivity contribution >= 4 is 28.4 Å². The summed E-state index contributed by atoms with van der Waals surface area (Å²) >= 11 is 1.33. The predicted octanol–water partition coefficient (Wildman–Crippen LogP) is 2.58. The van der Waals surface area contributed by atoms with Crippen molar-refractivity contribution in [3.05, 3.63) is 74.8 Å². The summed E-state index contributed by atoms with van der Waals surface area (Å²) in [7, 11) is 0. The Kier molecular flexibility index (Phi) is 3.61. The Balaban J connectivity index is 1.60. The Hall–Kier alpha value is -3.32. The van der Waals surface area contributed by atoms with E-state index in [4.69, 9.17) is 4.74 Å². The topological polar surface area (TPSA) is 69.4 Å². The largest absolute Gasteiger partial charge is 0.485 e. The van der Waals surface area contributed by atoms with Gasteiger partial charge in [-0.3, -0.25) is 9.78 Å². The summed E-state index contributed by atoms with van der Waals surface area (Å²) in [5.74, 6) is 1.38. The first-order chi connectivity index (χ1) is 13.2. The molecule has 0 fully saturated rings. The van der Waals surface area contributed by atoms with Crippen molar-refractivity contribution in [2.45, 2.75) is 13.0 Å². The first-order valence-electron chi connectivity index (χ1n) is 8.48. The van der Waals surface area contributed by atoms with Gasteiger partial charge in [0.15, 0.2) is 5.82 Å². The predicted molar refractivity (Wildman–Crippen MR) is 105 cm³/mol. The van der Waals surface area contributed by atoms with Crippen LogP contribution in [0.1, 0.15) is 12.5 Å². The third kappa shape index (κ3) is 2.72. The van der Waals surface area contributed by atoms with E-state index in [1.165, 1.54) is 15.9 Å². The minimum Gasteiger partial charge on any atom is -0.485 e. The number of thiazole rings is 1. The first kappa shape index (κ1) is 15.9. The molecule has 132 valence electrons. The zero-order valence-electron chi connectivity index (χ0n) is 14.4. The van der Waals surface area contributed by atoms with Crippen LogP contribution in [-0.2, 0) is 0 Å². The third-order valence-electron chi connectivity index (χ3n) is 4.43. The van der Waals surface area contributed by atoms with E-state index in [2.05, 4.69) is 21.1 Å². The molecule has 5 rings (SSSR count). The van der Waals surface area contributed by atoms with Gasteiger partial charge in [-0.15, -0.1) is 5.10 Å². The highest BCUT2D eigenvalue weighted by Crippen LogP contribution is 2.29. The number of hydrogen-bond acceptors (Lipinski definition) is 6. The standard InChI is InChI=1S/C20H14N4O2S/c1-12-15(10-14-4-2-3-5-16(14)26-12)11-17-19(25)24-20(27-17)22-18(23-24)13-6-8-21-9-7-13/h2-12H,1H3/b17-11+. The lowest BCUT2D eigenvalue weighted by molar-refractivity contribution is 0.259. The average molecular weight is 374 g/mol. The minimum atomic E-state index is -0.172. The molecule has 0 saturated carbocycles. The lowest BCUT2D eigenvalue weighted by Crippen LogP contribution is -2.26. The molecule has 4 aromatic rings. The number of fused-ring (bicyclic) bond motifs is 2. The molecule has 7 heteroatoms. The number of nitrogens with zero attached hydrogens (tertiary/aromatic N) is 4. The molecule has 1 aliphatic rings. The summed E-state index contributed by atoms with van der Waals surface area (Å²) in [4.78, 5) is 21.8. The maximum atomic E-state index is 12.8. The van der Waals surface area contributed by atoms with E-state index < -0.39 is 0 Å². The second-order valence-corrected chi connectivity index (χ2v) is 7.23. The molecule has 3 aromatic heterocycles. The second-order valence-electron chi connectivity index (χ2n) is 6.22. The number of rotatable bonds is 2. The van der Waals surface area contributed by atoms with Crippen molar-refractivity contribution in [3.8, 4) is 17.1 Å². The molecule has 1 aromatic carbocycles. The Bertz CT molecular complexity index is 1290. The molecule has 1 unspecified atom stereocenters. The van der Waals surface area contributed by atoms with E-state index in [1.807, 2.05) is 49.4 Å². The van der Waals surface area contributed by atoms with Crippen molar-refractivity contribution < 1.29 is 4.74 Å². The van der Waals surface area contributed by atoms with Crippen molar-refractivity contribution in [2.24, 2.45) is 0 Å². The summed E-state index contributed by atoms with van der Waals surface area (Å²) in [5.41, 5.74) is 2.62. The summed E-state index contributed by atoms with van der Waals surface area (Å²) in [6, 6.07) is 11.5. The van der Waals surface area contributed by atoms with Crippen LogP contribution >= 0.6 is 11.3 Å². The van der Waals surface area contributed by atoms with Gasteiger partial charge in [-0.1, -0.05) is 29.5 Å². The third-order valence-corrected chi connectivity index (χ3v) is 5.39. The molecule has 0 spiro atoms. The van der Waals surface area contributed by atoms with Gasteiger partial charge >= 0.3 is 0 Å². The summed E-state index contributed by atoms with van der Waals surface area (Å²) in [5, 5.41) is 4.36. The van der Waals surface area contributed by atoms with Gasteiger partial charge in [0.1, 0.15) is 11.9 Å². The van der Waals surface area contributed by atoms with E-state index >= 15 is 0 Å². The number of ether oxygens (including phenoxy) is 1. The molecule has 0 bridgehead atoms. The van der Waals surface area contributed by atoms with Crippen LogP contribution in [0.3, 0.4) is 0 Å². The SMILES string of the molecule is CC1Oc2ccccc2C=C1/C=c1/sc2nc(-c3ccncc3)nn2c1=O. The molecule has 0 amide bonds. The number of pyridine rings is 1. The highest BCUT2D eigenvalue weighted by molar-refractivity contribution is 7.15. The van der Waals surface area contributed by atoms with E-state index in [0.717, 1.165) is 22.4 Å². The fourth-order valence-electron chi connectivity index (χ4n) is 3.03. The molecular formula is C20H14N4O2S. The highest BCUT2D eigenvalue weighted by atomic mass is 32.1. The fraction of sp³-hybridized carbons (Fsp3) is 0.100. The van der Waals surface area contributed by atoms with Gasteiger partial charge in [-0.25, -0.2) is 0 Å². The number of aromatic nitrogens is 4. The fourth-order valence-corrected chi connectivity index (χ4v) is 3.94. The Morgan fingerprint density at radius 2 is 2.00 bits per heavy atom. The lowest BCUT2D eigenvalue weighted by Gasteiger charge is -2.22. The van der Waals surface area contributed by atoms with Crippen LogP contribution in [0.25, 0.3) is 28.5 Å². The van der Waals surface area contributed by atoms with Crippen LogP contribution in [0.5, 0.6) is 5.75 Å². The molecule has 4 heterocycles. The molecule has 6 nitrogen and oxygen atoms in total. The van der Waals surface area contributed by atoms with Gasteiger partial charge in [0.2, 0.25) is 4.96 Å². The zero-order chi connectivity index (χ0) is 18.4. The van der Waals surface area contributed by atoms with Crippen molar-refractivity contribution in [3.63, 3.8) is 0 Å². The van der Waals surface area contributed by atoms with Crippen LogP contribution in [0.15, 0.2) is 59.2 Å². The van der Waals surface area contributed by atoms with E-state index in [-0.39, 0.29) is 11.7 Å². The van der Waals surface area contributed by atoms with Crippen molar-refractivity contribution in [1.29, 1.82) is 0 Å². The lowest BCUT2D eigenvalue weighted by atomic mass is 10.0. The Morgan fingerprint density at radius 3 is 2.81 bits per heavy atom. The highest BCUT2D eigenvalue weighted by Gasteiger charge is 2.18. The molecule has 0 aliphatic carbocycles. The van der Waals surface area contributed by atoms with Gasteiger partial charge < -0.3 is 4.74 Å².